The number of aliphatic carboxylic acids is 1. The lowest BCUT2D eigenvalue weighted by molar-refractivity contribution is -0.144. The van der Waals surface area contributed by atoms with E-state index in [1.54, 1.807) is 7.11 Å². The number of carboxylic acid groups (broad SMARTS) is 1. The molecule has 0 aromatic rings. The summed E-state index contributed by atoms with van der Waals surface area (Å²) in [6.07, 6.45) is 5.82. The van der Waals surface area contributed by atoms with Crippen LogP contribution in [-0.4, -0.2) is 54.9 Å². The second-order valence-corrected chi connectivity index (χ2v) is 6.46. The van der Waals surface area contributed by atoms with Gasteiger partial charge in [0.15, 0.2) is 0 Å². The molecule has 0 aromatic carbocycles. The molecule has 5 nitrogen and oxygen atoms in total. The zero-order valence-electron chi connectivity index (χ0n) is 12.5. The molecular formula is C15H28N2O3. The van der Waals surface area contributed by atoms with Gasteiger partial charge in [-0.05, 0) is 63.6 Å². The molecule has 0 spiro atoms. The maximum Gasteiger partial charge on any atom is 0.323 e. The van der Waals surface area contributed by atoms with Crippen LogP contribution < -0.4 is 5.73 Å². The summed E-state index contributed by atoms with van der Waals surface area (Å²) in [6, 6.07) is 0. The summed E-state index contributed by atoms with van der Waals surface area (Å²) in [5, 5.41) is 9.32. The fourth-order valence-electron chi connectivity index (χ4n) is 3.74. The number of carbonyl (C=O) groups is 1. The first-order chi connectivity index (χ1) is 9.56. The van der Waals surface area contributed by atoms with Crippen LogP contribution in [0.4, 0.5) is 0 Å². The number of rotatable bonds is 6. The van der Waals surface area contributed by atoms with Crippen molar-refractivity contribution in [3.63, 3.8) is 0 Å². The number of likely N-dealkylation sites (tertiary alicyclic amines) is 1. The van der Waals surface area contributed by atoms with Gasteiger partial charge in [0.05, 0.1) is 0 Å². The molecule has 0 bridgehead atoms. The molecular weight excluding hydrogens is 256 g/mol. The molecule has 2 atom stereocenters. The first kappa shape index (κ1) is 15.7. The van der Waals surface area contributed by atoms with Crippen LogP contribution in [-0.2, 0) is 9.53 Å². The van der Waals surface area contributed by atoms with Crippen LogP contribution in [0.15, 0.2) is 0 Å². The molecule has 1 heterocycles. The van der Waals surface area contributed by atoms with Crippen molar-refractivity contribution in [3.05, 3.63) is 0 Å². The highest BCUT2D eigenvalue weighted by molar-refractivity contribution is 5.79. The Balaban J connectivity index is 1.75. The number of nitrogens with zero attached hydrogens (tertiary/aromatic N) is 1. The Morgan fingerprint density at radius 2 is 2.10 bits per heavy atom. The second kappa shape index (κ2) is 6.87. The SMILES string of the molecule is COCC1CCN(CCC2CCCC2(N)C(=O)O)CC1. The van der Waals surface area contributed by atoms with E-state index < -0.39 is 11.5 Å². The quantitative estimate of drug-likeness (QED) is 0.769. The Bertz CT molecular complexity index is 329. The number of ether oxygens (including phenoxy) is 1. The first-order valence-electron chi connectivity index (χ1n) is 7.80. The van der Waals surface area contributed by atoms with E-state index in [1.165, 1.54) is 12.8 Å². The van der Waals surface area contributed by atoms with Gasteiger partial charge in [-0.15, -0.1) is 0 Å². The van der Waals surface area contributed by atoms with Crippen molar-refractivity contribution < 1.29 is 14.6 Å². The van der Waals surface area contributed by atoms with Crippen molar-refractivity contribution >= 4 is 5.97 Å². The number of hydrogen-bond donors (Lipinski definition) is 2. The van der Waals surface area contributed by atoms with Crippen LogP contribution in [0, 0.1) is 11.8 Å². The van der Waals surface area contributed by atoms with Crippen LogP contribution in [0.25, 0.3) is 0 Å². The minimum absolute atomic E-state index is 0.136. The lowest BCUT2D eigenvalue weighted by Gasteiger charge is -2.34. The Morgan fingerprint density at radius 3 is 2.70 bits per heavy atom. The lowest BCUT2D eigenvalue weighted by Crippen LogP contribution is -2.51. The molecule has 20 heavy (non-hydrogen) atoms. The summed E-state index contributed by atoms with van der Waals surface area (Å²) in [6.45, 7) is 4.05. The number of hydrogen-bond acceptors (Lipinski definition) is 4. The van der Waals surface area contributed by atoms with E-state index in [4.69, 9.17) is 10.5 Å². The summed E-state index contributed by atoms with van der Waals surface area (Å²) in [4.78, 5) is 13.8. The highest BCUT2D eigenvalue weighted by Crippen LogP contribution is 2.36. The molecule has 1 aliphatic carbocycles. The Kier molecular flexibility index (Phi) is 5.41. The van der Waals surface area contributed by atoms with Crippen molar-refractivity contribution in [2.45, 2.75) is 44.1 Å². The van der Waals surface area contributed by atoms with Gasteiger partial charge in [-0.1, -0.05) is 6.42 Å². The Labute approximate surface area is 121 Å². The standard InChI is InChI=1S/C15H28N2O3/c1-20-11-12-4-8-17(9-5-12)10-6-13-3-2-7-15(13,16)14(18)19/h12-13H,2-11,16H2,1H3,(H,18,19). The average molecular weight is 284 g/mol. The normalized spacial score (nSPS) is 32.6. The van der Waals surface area contributed by atoms with Gasteiger partial charge in [0.2, 0.25) is 0 Å². The molecule has 3 N–H and O–H groups in total. The number of piperidine rings is 1. The van der Waals surface area contributed by atoms with Crippen LogP contribution >= 0.6 is 0 Å². The smallest absolute Gasteiger partial charge is 0.323 e. The predicted octanol–water partition coefficient (Wildman–Crippen LogP) is 1.32. The van der Waals surface area contributed by atoms with Crippen molar-refractivity contribution in [2.24, 2.45) is 17.6 Å². The fraction of sp³-hybridized carbons (Fsp3) is 0.933. The third-order valence-electron chi connectivity index (χ3n) is 5.17. The van der Waals surface area contributed by atoms with E-state index >= 15 is 0 Å². The van der Waals surface area contributed by atoms with Gasteiger partial charge in [-0.25, -0.2) is 0 Å². The number of methoxy groups -OCH3 is 1. The largest absolute Gasteiger partial charge is 0.480 e. The highest BCUT2D eigenvalue weighted by atomic mass is 16.5. The van der Waals surface area contributed by atoms with Crippen molar-refractivity contribution in [1.82, 2.24) is 4.90 Å². The van der Waals surface area contributed by atoms with Crippen LogP contribution in [0.3, 0.4) is 0 Å². The predicted molar refractivity (Wildman–Crippen MR) is 77.6 cm³/mol. The molecule has 1 aliphatic heterocycles. The van der Waals surface area contributed by atoms with Crippen LogP contribution in [0.5, 0.6) is 0 Å². The fourth-order valence-corrected chi connectivity index (χ4v) is 3.74. The van der Waals surface area contributed by atoms with Crippen LogP contribution in [0.2, 0.25) is 0 Å². The summed E-state index contributed by atoms with van der Waals surface area (Å²) in [5.74, 6) is 0.00542. The van der Waals surface area contributed by atoms with E-state index in [2.05, 4.69) is 4.90 Å². The van der Waals surface area contributed by atoms with E-state index in [9.17, 15) is 9.90 Å². The molecule has 2 rings (SSSR count). The van der Waals surface area contributed by atoms with Gasteiger partial charge in [0.1, 0.15) is 5.54 Å². The maximum atomic E-state index is 11.3. The zero-order chi connectivity index (χ0) is 14.6. The van der Waals surface area contributed by atoms with Crippen molar-refractivity contribution in [3.8, 4) is 0 Å². The van der Waals surface area contributed by atoms with Crippen molar-refractivity contribution in [1.29, 1.82) is 0 Å². The molecule has 0 radical (unpaired) electrons. The Hall–Kier alpha value is -0.650. The average Bonchev–Trinajstić information content (AvgIpc) is 2.81. The van der Waals surface area contributed by atoms with Gasteiger partial charge in [-0.2, -0.15) is 0 Å². The number of carboxylic acids is 1. The lowest BCUT2D eigenvalue weighted by atomic mass is 9.85. The van der Waals surface area contributed by atoms with Crippen LogP contribution in [0.1, 0.15) is 38.5 Å². The van der Waals surface area contributed by atoms with E-state index in [1.807, 2.05) is 0 Å². The topological polar surface area (TPSA) is 75.8 Å². The molecule has 116 valence electrons. The van der Waals surface area contributed by atoms with Gasteiger partial charge in [0, 0.05) is 13.7 Å². The molecule has 2 fully saturated rings. The molecule has 1 saturated carbocycles. The molecule has 2 aliphatic rings. The van der Waals surface area contributed by atoms with Gasteiger partial charge >= 0.3 is 5.97 Å². The summed E-state index contributed by atoms with van der Waals surface area (Å²) in [5.41, 5.74) is 5.11. The highest BCUT2D eigenvalue weighted by Gasteiger charge is 2.45. The van der Waals surface area contributed by atoms with Gasteiger partial charge in [-0.3, -0.25) is 4.79 Å². The maximum absolute atomic E-state index is 11.3. The molecule has 5 heteroatoms. The third kappa shape index (κ3) is 3.51. The zero-order valence-corrected chi connectivity index (χ0v) is 12.5. The van der Waals surface area contributed by atoms with E-state index in [-0.39, 0.29) is 5.92 Å². The monoisotopic (exact) mass is 284 g/mol. The van der Waals surface area contributed by atoms with E-state index in [0.717, 1.165) is 45.5 Å². The van der Waals surface area contributed by atoms with Gasteiger partial charge in [0.25, 0.3) is 0 Å². The third-order valence-corrected chi connectivity index (χ3v) is 5.17. The minimum Gasteiger partial charge on any atom is -0.480 e. The minimum atomic E-state index is -0.978. The molecule has 2 unspecified atom stereocenters. The molecule has 1 saturated heterocycles. The first-order valence-corrected chi connectivity index (χ1v) is 7.80. The molecule has 0 aromatic heterocycles. The number of nitrogens with two attached hydrogens (primary N) is 1. The summed E-state index contributed by atoms with van der Waals surface area (Å²) < 4.78 is 5.21. The second-order valence-electron chi connectivity index (χ2n) is 6.46. The summed E-state index contributed by atoms with van der Waals surface area (Å²) in [7, 11) is 1.76. The molecule has 0 amide bonds. The Morgan fingerprint density at radius 1 is 1.40 bits per heavy atom. The van der Waals surface area contributed by atoms with E-state index in [0.29, 0.717) is 12.3 Å². The van der Waals surface area contributed by atoms with Crippen molar-refractivity contribution in [2.75, 3.05) is 33.4 Å². The summed E-state index contributed by atoms with van der Waals surface area (Å²) >= 11 is 0. The van der Waals surface area contributed by atoms with Gasteiger partial charge < -0.3 is 20.5 Å².